The second-order valence-electron chi connectivity index (χ2n) is 6.99. The summed E-state index contributed by atoms with van der Waals surface area (Å²) in [5, 5.41) is 12.5. The SMILES string of the molecule is Cc1ccccc1-c1nnc(SCc2ccc(C(=O)Nc3ccccc3)cc2)n1C. The number of rotatable bonds is 6. The van der Waals surface area contributed by atoms with Gasteiger partial charge in [-0.25, -0.2) is 0 Å². The lowest BCUT2D eigenvalue weighted by Crippen LogP contribution is -2.11. The van der Waals surface area contributed by atoms with Crippen LogP contribution < -0.4 is 5.32 Å². The number of benzene rings is 3. The molecule has 0 aliphatic carbocycles. The van der Waals surface area contributed by atoms with Crippen molar-refractivity contribution in [2.24, 2.45) is 7.05 Å². The van der Waals surface area contributed by atoms with Crippen molar-refractivity contribution in [2.45, 2.75) is 17.8 Å². The maximum absolute atomic E-state index is 12.4. The summed E-state index contributed by atoms with van der Waals surface area (Å²) in [5.74, 6) is 1.50. The molecule has 150 valence electrons. The van der Waals surface area contributed by atoms with Crippen LogP contribution in [-0.4, -0.2) is 20.7 Å². The number of anilines is 1. The highest BCUT2D eigenvalue weighted by Gasteiger charge is 2.13. The lowest BCUT2D eigenvalue weighted by molar-refractivity contribution is 0.102. The van der Waals surface area contributed by atoms with Gasteiger partial charge >= 0.3 is 0 Å². The topological polar surface area (TPSA) is 59.8 Å². The number of aromatic nitrogens is 3. The molecule has 6 heteroatoms. The number of aryl methyl sites for hydroxylation is 1. The van der Waals surface area contributed by atoms with Crippen LogP contribution in [-0.2, 0) is 12.8 Å². The lowest BCUT2D eigenvalue weighted by atomic mass is 10.1. The van der Waals surface area contributed by atoms with Crippen LogP contribution in [0.2, 0.25) is 0 Å². The number of amides is 1. The minimum atomic E-state index is -0.114. The predicted molar refractivity (Wildman–Crippen MR) is 122 cm³/mol. The van der Waals surface area contributed by atoms with Crippen molar-refractivity contribution < 1.29 is 4.79 Å². The fraction of sp³-hybridized carbons (Fsp3) is 0.125. The van der Waals surface area contributed by atoms with Crippen molar-refractivity contribution in [3.8, 4) is 11.4 Å². The summed E-state index contributed by atoms with van der Waals surface area (Å²) < 4.78 is 2.02. The molecule has 1 N–H and O–H groups in total. The van der Waals surface area contributed by atoms with E-state index in [0.717, 1.165) is 33.5 Å². The van der Waals surface area contributed by atoms with Gasteiger partial charge in [0.25, 0.3) is 5.91 Å². The third-order valence-corrected chi connectivity index (χ3v) is 5.93. The van der Waals surface area contributed by atoms with Crippen LogP contribution in [0.5, 0.6) is 0 Å². The first kappa shape index (κ1) is 19.9. The van der Waals surface area contributed by atoms with E-state index in [0.29, 0.717) is 5.56 Å². The van der Waals surface area contributed by atoms with Crippen LogP contribution in [0.15, 0.2) is 84.0 Å². The zero-order valence-corrected chi connectivity index (χ0v) is 17.7. The van der Waals surface area contributed by atoms with Crippen molar-refractivity contribution >= 4 is 23.4 Å². The number of nitrogens with zero attached hydrogens (tertiary/aromatic N) is 3. The van der Waals surface area contributed by atoms with Crippen LogP contribution in [0.4, 0.5) is 5.69 Å². The van der Waals surface area contributed by atoms with Crippen molar-refractivity contribution in [3.05, 3.63) is 95.6 Å². The van der Waals surface area contributed by atoms with Gasteiger partial charge in [-0.05, 0) is 42.3 Å². The Morgan fingerprint density at radius 1 is 0.933 bits per heavy atom. The molecule has 30 heavy (non-hydrogen) atoms. The first-order valence-corrected chi connectivity index (χ1v) is 10.6. The Labute approximate surface area is 180 Å². The zero-order chi connectivity index (χ0) is 20.9. The molecule has 0 saturated heterocycles. The number of para-hydroxylation sites is 1. The largest absolute Gasteiger partial charge is 0.322 e. The number of hydrogen-bond acceptors (Lipinski definition) is 4. The molecule has 0 spiro atoms. The van der Waals surface area contributed by atoms with Crippen LogP contribution in [0.1, 0.15) is 21.5 Å². The number of hydrogen-bond donors (Lipinski definition) is 1. The van der Waals surface area contributed by atoms with Gasteiger partial charge in [0.1, 0.15) is 0 Å². The van der Waals surface area contributed by atoms with Crippen LogP contribution >= 0.6 is 11.8 Å². The highest BCUT2D eigenvalue weighted by molar-refractivity contribution is 7.98. The van der Waals surface area contributed by atoms with Crippen LogP contribution in [0.3, 0.4) is 0 Å². The maximum Gasteiger partial charge on any atom is 0.255 e. The fourth-order valence-electron chi connectivity index (χ4n) is 3.12. The average Bonchev–Trinajstić information content (AvgIpc) is 3.14. The van der Waals surface area contributed by atoms with Gasteiger partial charge in [0, 0.05) is 29.6 Å². The molecule has 0 radical (unpaired) electrons. The molecular formula is C24H22N4OS. The van der Waals surface area contributed by atoms with E-state index in [9.17, 15) is 4.79 Å². The smallest absolute Gasteiger partial charge is 0.255 e. The zero-order valence-electron chi connectivity index (χ0n) is 16.9. The van der Waals surface area contributed by atoms with Crippen molar-refractivity contribution in [3.63, 3.8) is 0 Å². The average molecular weight is 415 g/mol. The molecule has 0 unspecified atom stereocenters. The summed E-state index contributed by atoms with van der Waals surface area (Å²) in [5.41, 5.74) is 4.81. The molecule has 0 saturated carbocycles. The van der Waals surface area contributed by atoms with E-state index in [1.807, 2.05) is 78.3 Å². The van der Waals surface area contributed by atoms with E-state index in [4.69, 9.17) is 0 Å². The Morgan fingerprint density at radius 3 is 2.37 bits per heavy atom. The number of nitrogens with one attached hydrogen (secondary N) is 1. The number of carbonyl (C=O) groups excluding carboxylic acids is 1. The third kappa shape index (κ3) is 4.44. The Kier molecular flexibility index (Phi) is 5.95. The molecule has 0 bridgehead atoms. The lowest BCUT2D eigenvalue weighted by Gasteiger charge is -2.07. The van der Waals surface area contributed by atoms with Gasteiger partial charge in [-0.15, -0.1) is 10.2 Å². The Balaban J connectivity index is 1.40. The van der Waals surface area contributed by atoms with Gasteiger partial charge in [-0.1, -0.05) is 66.4 Å². The maximum atomic E-state index is 12.4. The van der Waals surface area contributed by atoms with E-state index in [2.05, 4.69) is 34.6 Å². The molecular weight excluding hydrogens is 392 g/mol. The number of thioether (sulfide) groups is 1. The highest BCUT2D eigenvalue weighted by Crippen LogP contribution is 2.27. The van der Waals surface area contributed by atoms with Gasteiger partial charge in [0.2, 0.25) is 0 Å². The molecule has 1 heterocycles. The summed E-state index contributed by atoms with van der Waals surface area (Å²) in [4.78, 5) is 12.4. The fourth-order valence-corrected chi connectivity index (χ4v) is 3.99. The van der Waals surface area contributed by atoms with Crippen molar-refractivity contribution in [1.29, 1.82) is 0 Å². The normalized spacial score (nSPS) is 10.7. The molecule has 0 aliphatic rings. The summed E-state index contributed by atoms with van der Waals surface area (Å²) in [6.45, 7) is 2.08. The molecule has 5 nitrogen and oxygen atoms in total. The molecule has 4 rings (SSSR count). The summed E-state index contributed by atoms with van der Waals surface area (Å²) in [6, 6.07) is 25.3. The second kappa shape index (κ2) is 8.97. The third-order valence-electron chi connectivity index (χ3n) is 4.84. The van der Waals surface area contributed by atoms with Crippen molar-refractivity contribution in [1.82, 2.24) is 14.8 Å². The monoisotopic (exact) mass is 414 g/mol. The van der Waals surface area contributed by atoms with E-state index in [1.165, 1.54) is 5.56 Å². The summed E-state index contributed by atoms with van der Waals surface area (Å²) in [6.07, 6.45) is 0. The molecule has 0 aliphatic heterocycles. The van der Waals surface area contributed by atoms with E-state index < -0.39 is 0 Å². The minimum absolute atomic E-state index is 0.114. The molecule has 4 aromatic rings. The second-order valence-corrected chi connectivity index (χ2v) is 7.93. The first-order chi connectivity index (χ1) is 14.6. The molecule has 3 aromatic carbocycles. The van der Waals surface area contributed by atoms with Crippen molar-refractivity contribution in [2.75, 3.05) is 5.32 Å². The van der Waals surface area contributed by atoms with Gasteiger partial charge in [0.15, 0.2) is 11.0 Å². The Morgan fingerprint density at radius 2 is 1.63 bits per heavy atom. The van der Waals surface area contributed by atoms with Gasteiger partial charge < -0.3 is 9.88 Å². The number of carbonyl (C=O) groups is 1. The Hall–Kier alpha value is -3.38. The summed E-state index contributed by atoms with van der Waals surface area (Å²) >= 11 is 1.63. The summed E-state index contributed by atoms with van der Waals surface area (Å²) in [7, 11) is 1.99. The standard InChI is InChI=1S/C24H22N4OS/c1-17-8-6-7-11-21(17)22-26-27-24(28(22)2)30-16-18-12-14-19(15-13-18)23(29)25-20-9-4-3-5-10-20/h3-15H,16H2,1-2H3,(H,25,29). The molecule has 0 atom stereocenters. The quantitative estimate of drug-likeness (QED) is 0.433. The van der Waals surface area contributed by atoms with Crippen LogP contribution in [0, 0.1) is 6.92 Å². The first-order valence-electron chi connectivity index (χ1n) is 9.65. The van der Waals surface area contributed by atoms with Crippen LogP contribution in [0.25, 0.3) is 11.4 Å². The van der Waals surface area contributed by atoms with Gasteiger partial charge in [-0.2, -0.15) is 0 Å². The van der Waals surface area contributed by atoms with Gasteiger partial charge in [-0.3, -0.25) is 4.79 Å². The highest BCUT2D eigenvalue weighted by atomic mass is 32.2. The van der Waals surface area contributed by atoms with Gasteiger partial charge in [0.05, 0.1) is 0 Å². The molecule has 1 aromatic heterocycles. The predicted octanol–water partition coefficient (Wildman–Crippen LogP) is 5.34. The van der Waals surface area contributed by atoms with E-state index in [1.54, 1.807) is 11.8 Å². The van der Waals surface area contributed by atoms with E-state index in [-0.39, 0.29) is 5.91 Å². The molecule has 0 fully saturated rings. The Bertz CT molecular complexity index is 1150. The minimum Gasteiger partial charge on any atom is -0.322 e. The molecule has 1 amide bonds. The van der Waals surface area contributed by atoms with E-state index >= 15 is 0 Å².